The van der Waals surface area contributed by atoms with Crippen molar-refractivity contribution in [1.29, 1.82) is 0 Å². The van der Waals surface area contributed by atoms with Crippen LogP contribution in [-0.4, -0.2) is 27.0 Å². The van der Waals surface area contributed by atoms with Crippen molar-refractivity contribution in [2.24, 2.45) is 0 Å². The van der Waals surface area contributed by atoms with Gasteiger partial charge in [0, 0.05) is 13.0 Å². The maximum Gasteiger partial charge on any atom is 0.266 e. The van der Waals surface area contributed by atoms with Crippen LogP contribution in [0, 0.1) is 0 Å². The molecule has 0 saturated heterocycles. The van der Waals surface area contributed by atoms with Gasteiger partial charge in [-0.05, 0) is 67.3 Å². The summed E-state index contributed by atoms with van der Waals surface area (Å²) >= 11 is 0. The predicted octanol–water partition coefficient (Wildman–Crippen LogP) is 6.90. The Bertz CT molecular complexity index is 1650. The van der Waals surface area contributed by atoms with E-state index >= 15 is 0 Å². The predicted molar refractivity (Wildman–Crippen MR) is 163 cm³/mol. The van der Waals surface area contributed by atoms with E-state index < -0.39 is 6.04 Å². The first-order valence-electron chi connectivity index (χ1n) is 14.2. The van der Waals surface area contributed by atoms with E-state index in [9.17, 15) is 9.59 Å². The zero-order valence-corrected chi connectivity index (χ0v) is 23.6. The molecule has 0 aliphatic rings. The summed E-state index contributed by atoms with van der Waals surface area (Å²) < 4.78 is 7.30. The minimum atomic E-state index is -0.428. The molecule has 6 heteroatoms. The van der Waals surface area contributed by atoms with E-state index in [-0.39, 0.29) is 11.5 Å². The second-order valence-corrected chi connectivity index (χ2v) is 9.97. The number of hydrogen-bond donors (Lipinski definition) is 0. The summed E-state index contributed by atoms with van der Waals surface area (Å²) in [5.41, 5.74) is 3.27. The van der Waals surface area contributed by atoms with Gasteiger partial charge in [-0.15, -0.1) is 0 Å². The van der Waals surface area contributed by atoms with Gasteiger partial charge in [0.15, 0.2) is 0 Å². The van der Waals surface area contributed by atoms with Crippen LogP contribution < -0.4 is 10.3 Å². The number of aromatic nitrogens is 2. The molecule has 1 amide bonds. The second kappa shape index (κ2) is 13.1. The van der Waals surface area contributed by atoms with Crippen LogP contribution in [0.5, 0.6) is 5.75 Å². The van der Waals surface area contributed by atoms with Crippen LogP contribution in [0.1, 0.15) is 49.7 Å². The molecule has 1 unspecified atom stereocenters. The van der Waals surface area contributed by atoms with E-state index in [4.69, 9.17) is 9.72 Å². The monoisotopic (exact) mass is 545 g/mol. The van der Waals surface area contributed by atoms with E-state index in [0.717, 1.165) is 16.9 Å². The molecule has 4 aromatic carbocycles. The lowest BCUT2D eigenvalue weighted by atomic mass is 10.1. The summed E-state index contributed by atoms with van der Waals surface area (Å²) in [6.07, 6.45) is 1.58. The molecule has 0 N–H and O–H groups in total. The largest absolute Gasteiger partial charge is 0.494 e. The third-order valence-electron chi connectivity index (χ3n) is 7.25. The van der Waals surface area contributed by atoms with Crippen molar-refractivity contribution in [3.8, 4) is 11.4 Å². The molecule has 0 saturated carbocycles. The Kier molecular flexibility index (Phi) is 8.89. The van der Waals surface area contributed by atoms with Gasteiger partial charge < -0.3 is 9.64 Å². The topological polar surface area (TPSA) is 64.4 Å². The molecule has 0 aliphatic heterocycles. The summed E-state index contributed by atoms with van der Waals surface area (Å²) in [5.74, 6) is 1.29. The van der Waals surface area contributed by atoms with Crippen LogP contribution in [0.25, 0.3) is 16.6 Å². The minimum Gasteiger partial charge on any atom is -0.494 e. The normalized spacial score (nSPS) is 11.8. The summed E-state index contributed by atoms with van der Waals surface area (Å²) in [4.78, 5) is 35.0. The molecule has 0 aliphatic carbocycles. The number of para-hydroxylation sites is 1. The molecule has 0 radical (unpaired) electrons. The Hall–Kier alpha value is -4.71. The molecule has 1 atom stereocenters. The maximum atomic E-state index is 14.0. The lowest BCUT2D eigenvalue weighted by Gasteiger charge is -2.33. The zero-order chi connectivity index (χ0) is 28.6. The highest BCUT2D eigenvalue weighted by Gasteiger charge is 2.29. The van der Waals surface area contributed by atoms with Crippen LogP contribution in [-0.2, 0) is 17.8 Å². The van der Waals surface area contributed by atoms with Crippen molar-refractivity contribution in [3.63, 3.8) is 0 Å². The summed E-state index contributed by atoms with van der Waals surface area (Å²) in [6.45, 7) is 4.95. The fraction of sp³-hybridized carbons (Fsp3) is 0.229. The lowest BCUT2D eigenvalue weighted by molar-refractivity contribution is -0.134. The van der Waals surface area contributed by atoms with Gasteiger partial charge in [0.2, 0.25) is 5.91 Å². The van der Waals surface area contributed by atoms with Gasteiger partial charge in [-0.2, -0.15) is 0 Å². The Labute approximate surface area is 240 Å². The Morgan fingerprint density at radius 2 is 1.46 bits per heavy atom. The number of ether oxygens (including phenoxy) is 1. The lowest BCUT2D eigenvalue weighted by Crippen LogP contribution is -2.38. The molecular weight excluding hydrogens is 510 g/mol. The van der Waals surface area contributed by atoms with Gasteiger partial charge >= 0.3 is 0 Å². The van der Waals surface area contributed by atoms with Crippen molar-refractivity contribution in [2.75, 3.05) is 6.61 Å². The number of benzene rings is 4. The highest BCUT2D eigenvalue weighted by molar-refractivity contribution is 5.79. The number of nitrogens with zero attached hydrogens (tertiary/aromatic N) is 3. The van der Waals surface area contributed by atoms with Crippen LogP contribution in [0.3, 0.4) is 0 Å². The van der Waals surface area contributed by atoms with E-state index in [0.29, 0.717) is 54.8 Å². The molecule has 41 heavy (non-hydrogen) atoms. The van der Waals surface area contributed by atoms with Crippen LogP contribution in [0.4, 0.5) is 0 Å². The SMILES string of the molecule is CCOc1ccc(-n2c(C(CC)N(Cc3ccccc3)C(=O)CCc3ccccc3)nc3ccccc3c2=O)cc1. The molecule has 5 aromatic rings. The number of amides is 1. The molecule has 0 bridgehead atoms. The average Bonchev–Trinajstić information content (AvgIpc) is 3.02. The molecule has 0 spiro atoms. The van der Waals surface area contributed by atoms with Crippen LogP contribution >= 0.6 is 0 Å². The van der Waals surface area contributed by atoms with Gasteiger partial charge in [-0.1, -0.05) is 79.7 Å². The molecule has 5 rings (SSSR count). The molecular formula is C35H35N3O3. The number of rotatable bonds is 11. The summed E-state index contributed by atoms with van der Waals surface area (Å²) in [7, 11) is 0. The number of carbonyl (C=O) groups is 1. The number of aryl methyl sites for hydroxylation is 1. The third kappa shape index (κ3) is 6.38. The average molecular weight is 546 g/mol. The van der Waals surface area contributed by atoms with E-state index in [1.807, 2.05) is 122 Å². The summed E-state index contributed by atoms with van der Waals surface area (Å²) in [6, 6.07) is 34.4. The van der Waals surface area contributed by atoms with Gasteiger partial charge in [0.1, 0.15) is 11.6 Å². The second-order valence-electron chi connectivity index (χ2n) is 9.97. The van der Waals surface area contributed by atoms with E-state index in [2.05, 4.69) is 0 Å². The molecule has 0 fully saturated rings. The number of fused-ring (bicyclic) bond motifs is 1. The number of carbonyl (C=O) groups excluding carboxylic acids is 1. The zero-order valence-electron chi connectivity index (χ0n) is 23.6. The molecule has 6 nitrogen and oxygen atoms in total. The Balaban J connectivity index is 1.62. The van der Waals surface area contributed by atoms with E-state index in [1.54, 1.807) is 10.6 Å². The summed E-state index contributed by atoms with van der Waals surface area (Å²) in [5, 5.41) is 0.532. The van der Waals surface area contributed by atoms with Crippen LogP contribution in [0.15, 0.2) is 114 Å². The minimum absolute atomic E-state index is 0.0187. The highest BCUT2D eigenvalue weighted by atomic mass is 16.5. The Morgan fingerprint density at radius 3 is 2.12 bits per heavy atom. The van der Waals surface area contributed by atoms with Crippen molar-refractivity contribution in [3.05, 3.63) is 136 Å². The van der Waals surface area contributed by atoms with Crippen molar-refractivity contribution < 1.29 is 9.53 Å². The molecule has 208 valence electrons. The van der Waals surface area contributed by atoms with Crippen molar-refractivity contribution >= 4 is 16.8 Å². The van der Waals surface area contributed by atoms with E-state index in [1.165, 1.54) is 0 Å². The third-order valence-corrected chi connectivity index (χ3v) is 7.25. The highest BCUT2D eigenvalue weighted by Crippen LogP contribution is 2.29. The fourth-order valence-electron chi connectivity index (χ4n) is 5.22. The number of hydrogen-bond acceptors (Lipinski definition) is 4. The van der Waals surface area contributed by atoms with Crippen molar-refractivity contribution in [1.82, 2.24) is 14.5 Å². The standard InChI is InChI=1S/C35H35N3O3/c1-3-32(37(25-27-15-9-6-10-16-27)33(39)24-19-26-13-7-5-8-14-26)34-36-31-18-12-11-17-30(31)35(40)38(34)28-20-22-29(23-21-28)41-4-2/h5-18,20-23,32H,3-4,19,24-25H2,1-2H3. The first kappa shape index (κ1) is 27.8. The first-order chi connectivity index (χ1) is 20.1. The van der Waals surface area contributed by atoms with Gasteiger partial charge in [-0.25, -0.2) is 4.98 Å². The fourth-order valence-corrected chi connectivity index (χ4v) is 5.22. The van der Waals surface area contributed by atoms with Gasteiger partial charge in [-0.3, -0.25) is 14.2 Å². The van der Waals surface area contributed by atoms with Crippen molar-refractivity contribution in [2.45, 2.75) is 45.7 Å². The molecule has 1 heterocycles. The Morgan fingerprint density at radius 1 is 0.829 bits per heavy atom. The smallest absolute Gasteiger partial charge is 0.266 e. The molecule has 1 aromatic heterocycles. The van der Waals surface area contributed by atoms with Gasteiger partial charge in [0.25, 0.3) is 5.56 Å². The quantitative estimate of drug-likeness (QED) is 0.181. The first-order valence-corrected chi connectivity index (χ1v) is 14.2. The van der Waals surface area contributed by atoms with Gasteiger partial charge in [0.05, 0.1) is 29.2 Å². The maximum absolute atomic E-state index is 14.0. The van der Waals surface area contributed by atoms with Crippen LogP contribution in [0.2, 0.25) is 0 Å².